The fraction of sp³-hybridized carbons (Fsp3) is 0.600. The molecule has 0 amide bonds. The number of aromatic nitrogens is 2. The molecule has 0 aliphatic rings. The van der Waals surface area contributed by atoms with Crippen molar-refractivity contribution in [3.05, 3.63) is 18.2 Å². The van der Waals surface area contributed by atoms with Gasteiger partial charge in [0.25, 0.3) is 0 Å². The molecule has 0 fully saturated rings. The highest BCUT2D eigenvalue weighted by molar-refractivity contribution is 5.72. The summed E-state index contributed by atoms with van der Waals surface area (Å²) in [7, 11) is 8.40. The van der Waals surface area contributed by atoms with Gasteiger partial charge in [-0.25, -0.2) is 9.13 Å². The first kappa shape index (κ1) is 18.6. The van der Waals surface area contributed by atoms with Gasteiger partial charge >= 0.3 is 5.82 Å². The van der Waals surface area contributed by atoms with Crippen molar-refractivity contribution >= 4 is 6.21 Å². The van der Waals surface area contributed by atoms with E-state index in [1.807, 2.05) is 24.0 Å². The normalized spacial score (nSPS) is 11.1. The SMILES string of the molecule is C[n+]1ccn(CC[N+](C)(C)C)c1/C=N/O.[Cl-].[Cl-]. The largest absolute Gasteiger partial charge is 1.00 e. The molecule has 1 rings (SSSR count). The van der Waals surface area contributed by atoms with Crippen LogP contribution in [0.5, 0.6) is 0 Å². The van der Waals surface area contributed by atoms with Crippen LogP contribution in [-0.2, 0) is 13.6 Å². The number of halogens is 2. The molecule has 0 aliphatic carbocycles. The average Bonchev–Trinajstić information content (AvgIpc) is 2.45. The molecule has 100 valence electrons. The molecule has 0 spiro atoms. The summed E-state index contributed by atoms with van der Waals surface area (Å²) in [6.07, 6.45) is 5.40. The highest BCUT2D eigenvalue weighted by atomic mass is 35.5. The zero-order valence-electron chi connectivity index (χ0n) is 10.6. The van der Waals surface area contributed by atoms with Crippen molar-refractivity contribution in [3.8, 4) is 0 Å². The zero-order chi connectivity index (χ0) is 11.5. The highest BCUT2D eigenvalue weighted by Gasteiger charge is 2.15. The van der Waals surface area contributed by atoms with E-state index in [2.05, 4.69) is 30.9 Å². The van der Waals surface area contributed by atoms with Crippen LogP contribution in [0.3, 0.4) is 0 Å². The zero-order valence-corrected chi connectivity index (χ0v) is 12.2. The van der Waals surface area contributed by atoms with E-state index in [1.165, 1.54) is 6.21 Å². The van der Waals surface area contributed by atoms with Gasteiger partial charge in [-0.2, -0.15) is 0 Å². The second kappa shape index (κ2) is 7.53. The number of likely N-dealkylation sites (N-methyl/N-ethyl adjacent to an activating group) is 1. The number of hydrogen-bond donors (Lipinski definition) is 1. The standard InChI is InChI=1S/C10H19N4O.2ClH/c1-12-5-6-13(10(12)9-11-15)7-8-14(2,3)4;;/h5-6,9H,7-8H2,1-4H3;2*1H/q+1;;/p-1. The molecule has 1 N–H and O–H groups in total. The Morgan fingerprint density at radius 2 is 2.00 bits per heavy atom. The maximum atomic E-state index is 8.55. The summed E-state index contributed by atoms with van der Waals surface area (Å²) in [6.45, 7) is 1.94. The summed E-state index contributed by atoms with van der Waals surface area (Å²) < 4.78 is 4.91. The van der Waals surface area contributed by atoms with Crippen molar-refractivity contribution in [1.29, 1.82) is 0 Å². The van der Waals surface area contributed by atoms with Gasteiger partial charge < -0.3 is 34.5 Å². The third-order valence-electron chi connectivity index (χ3n) is 2.31. The van der Waals surface area contributed by atoms with Crippen LogP contribution in [0, 0.1) is 0 Å². The van der Waals surface area contributed by atoms with Crippen LogP contribution >= 0.6 is 0 Å². The Kier molecular flexibility index (Phi) is 8.23. The average molecular weight is 283 g/mol. The molecule has 1 aromatic rings. The molecule has 5 nitrogen and oxygen atoms in total. The van der Waals surface area contributed by atoms with Gasteiger partial charge in [0.1, 0.15) is 25.5 Å². The van der Waals surface area contributed by atoms with Gasteiger partial charge in [-0.3, -0.25) is 0 Å². The minimum Gasteiger partial charge on any atom is -1.00 e. The van der Waals surface area contributed by atoms with Gasteiger partial charge in [0, 0.05) is 0 Å². The van der Waals surface area contributed by atoms with Crippen LogP contribution in [0.25, 0.3) is 0 Å². The number of aryl methyl sites for hydroxylation is 1. The Hall–Kier alpha value is -0.780. The number of quaternary nitrogens is 1. The van der Waals surface area contributed by atoms with E-state index in [0.717, 1.165) is 23.4 Å². The highest BCUT2D eigenvalue weighted by Crippen LogP contribution is 1.96. The smallest absolute Gasteiger partial charge is 0.303 e. The van der Waals surface area contributed by atoms with E-state index >= 15 is 0 Å². The first-order chi connectivity index (χ1) is 6.94. The molecule has 0 unspecified atom stereocenters. The maximum Gasteiger partial charge on any atom is 0.303 e. The quantitative estimate of drug-likeness (QED) is 0.193. The van der Waals surface area contributed by atoms with Crippen molar-refractivity contribution in [1.82, 2.24) is 4.57 Å². The molecule has 1 aromatic heterocycles. The van der Waals surface area contributed by atoms with E-state index in [0.29, 0.717) is 0 Å². The molecule has 7 heteroatoms. The van der Waals surface area contributed by atoms with Gasteiger partial charge in [-0.15, -0.1) is 0 Å². The molecule has 0 aromatic carbocycles. The first-order valence-corrected chi connectivity index (χ1v) is 4.97. The molecule has 0 saturated carbocycles. The lowest BCUT2D eigenvalue weighted by molar-refractivity contribution is -0.871. The number of nitrogens with zero attached hydrogens (tertiary/aromatic N) is 4. The lowest BCUT2D eigenvalue weighted by Gasteiger charge is -2.22. The molecule has 0 atom stereocenters. The van der Waals surface area contributed by atoms with Crippen LogP contribution in [0.1, 0.15) is 5.82 Å². The van der Waals surface area contributed by atoms with Crippen LogP contribution in [0.15, 0.2) is 17.5 Å². The monoisotopic (exact) mass is 282 g/mol. The predicted molar refractivity (Wildman–Crippen MR) is 57.9 cm³/mol. The molecule has 0 aliphatic heterocycles. The lowest BCUT2D eigenvalue weighted by atomic mass is 10.5. The van der Waals surface area contributed by atoms with Crippen molar-refractivity contribution in [2.24, 2.45) is 12.2 Å². The molecule has 0 saturated heterocycles. The van der Waals surface area contributed by atoms with Crippen LogP contribution in [0.2, 0.25) is 0 Å². The van der Waals surface area contributed by atoms with Gasteiger partial charge in [-0.1, -0.05) is 5.16 Å². The molecule has 1 heterocycles. The summed E-state index contributed by atoms with van der Waals surface area (Å²) in [5.41, 5.74) is 0. The third-order valence-corrected chi connectivity index (χ3v) is 2.31. The van der Waals surface area contributed by atoms with Crippen molar-refractivity contribution in [2.75, 3.05) is 27.7 Å². The summed E-state index contributed by atoms with van der Waals surface area (Å²) in [5.74, 6) is 0.894. The Balaban J connectivity index is 0. The van der Waals surface area contributed by atoms with Crippen molar-refractivity contribution in [2.45, 2.75) is 6.54 Å². The van der Waals surface area contributed by atoms with Crippen molar-refractivity contribution in [3.63, 3.8) is 0 Å². The summed E-state index contributed by atoms with van der Waals surface area (Å²) >= 11 is 0. The molecule has 17 heavy (non-hydrogen) atoms. The van der Waals surface area contributed by atoms with E-state index in [9.17, 15) is 0 Å². The van der Waals surface area contributed by atoms with E-state index in [1.54, 1.807) is 0 Å². The van der Waals surface area contributed by atoms with Crippen LogP contribution in [-0.4, -0.2) is 48.2 Å². The second-order valence-corrected chi connectivity index (χ2v) is 4.72. The minimum absolute atomic E-state index is 0. The van der Waals surface area contributed by atoms with Crippen LogP contribution < -0.4 is 29.4 Å². The second-order valence-electron chi connectivity index (χ2n) is 4.72. The Morgan fingerprint density at radius 3 is 2.47 bits per heavy atom. The Labute approximate surface area is 115 Å². The number of oxime groups is 1. The predicted octanol–water partition coefficient (Wildman–Crippen LogP) is -6.17. The minimum atomic E-state index is 0. The molecular weight excluding hydrogens is 263 g/mol. The number of imidazole rings is 1. The van der Waals surface area contributed by atoms with E-state index in [-0.39, 0.29) is 24.8 Å². The van der Waals surface area contributed by atoms with Crippen LogP contribution in [0.4, 0.5) is 0 Å². The van der Waals surface area contributed by atoms with E-state index < -0.39 is 0 Å². The Morgan fingerprint density at radius 1 is 1.41 bits per heavy atom. The summed E-state index contributed by atoms with van der Waals surface area (Å²) in [4.78, 5) is 0. The van der Waals surface area contributed by atoms with Gasteiger partial charge in [0.2, 0.25) is 0 Å². The molecule has 0 radical (unpaired) electrons. The molecular formula is C10H20Cl2N4O. The maximum absolute atomic E-state index is 8.55. The Bertz CT molecular complexity index is 358. The fourth-order valence-corrected chi connectivity index (χ4v) is 1.35. The lowest BCUT2D eigenvalue weighted by Crippen LogP contribution is -3.00. The van der Waals surface area contributed by atoms with Crippen molar-refractivity contribution < 1.29 is 39.1 Å². The number of rotatable bonds is 4. The number of hydrogen-bond acceptors (Lipinski definition) is 2. The third kappa shape index (κ3) is 5.91. The summed E-state index contributed by atoms with van der Waals surface area (Å²) in [6, 6.07) is 0. The summed E-state index contributed by atoms with van der Waals surface area (Å²) in [5, 5.41) is 11.6. The molecule has 0 bridgehead atoms. The first-order valence-electron chi connectivity index (χ1n) is 4.97. The van der Waals surface area contributed by atoms with Gasteiger partial charge in [0.15, 0.2) is 6.21 Å². The van der Waals surface area contributed by atoms with E-state index in [4.69, 9.17) is 5.21 Å². The van der Waals surface area contributed by atoms with Gasteiger partial charge in [-0.05, 0) is 0 Å². The topological polar surface area (TPSA) is 41.4 Å². The fourth-order valence-electron chi connectivity index (χ4n) is 1.35. The van der Waals surface area contributed by atoms with Gasteiger partial charge in [0.05, 0.1) is 28.2 Å².